The summed E-state index contributed by atoms with van der Waals surface area (Å²) in [6, 6.07) is 16.1. The van der Waals surface area contributed by atoms with Gasteiger partial charge >= 0.3 is 0 Å². The molecule has 0 spiro atoms. The molecule has 26 heavy (non-hydrogen) atoms. The number of methoxy groups -OCH3 is 2. The number of nitrogens with zero attached hydrogens (tertiary/aromatic N) is 1. The number of benzene rings is 2. The summed E-state index contributed by atoms with van der Waals surface area (Å²) in [5, 5.41) is 8.99. The standard InChI is InChI=1S/C20H21NO4S/c1-14-4-10-17(11-5-14)26(22,23)19-18(20(19,12-21)13-24-2)15-6-8-16(25-3)9-7-15/h4-11,18-19H,13H2,1-3H3/t18-,19+,20+/m1/s1. The lowest BCUT2D eigenvalue weighted by atomic mass is 10.0. The maximum Gasteiger partial charge on any atom is 0.183 e. The molecular weight excluding hydrogens is 350 g/mol. The molecule has 0 N–H and O–H groups in total. The van der Waals surface area contributed by atoms with Gasteiger partial charge in [0, 0.05) is 13.0 Å². The first-order valence-electron chi connectivity index (χ1n) is 8.25. The van der Waals surface area contributed by atoms with Crippen molar-refractivity contribution < 1.29 is 17.9 Å². The van der Waals surface area contributed by atoms with E-state index in [4.69, 9.17) is 9.47 Å². The molecule has 0 amide bonds. The summed E-state index contributed by atoms with van der Waals surface area (Å²) in [6.07, 6.45) is 0. The van der Waals surface area contributed by atoms with Crippen LogP contribution in [0.3, 0.4) is 0 Å². The SMILES string of the molecule is COC[C@@]1(C#N)[C@H](c2ccc(OC)cc2)[C@@H]1S(=O)(=O)c1ccc(C)cc1. The fraction of sp³-hybridized carbons (Fsp3) is 0.350. The number of rotatable bonds is 6. The first-order valence-corrected chi connectivity index (χ1v) is 9.80. The molecule has 1 aliphatic carbocycles. The summed E-state index contributed by atoms with van der Waals surface area (Å²) >= 11 is 0. The molecule has 2 aromatic rings. The van der Waals surface area contributed by atoms with Gasteiger partial charge in [-0.1, -0.05) is 29.8 Å². The van der Waals surface area contributed by atoms with E-state index in [1.165, 1.54) is 7.11 Å². The fourth-order valence-electron chi connectivity index (χ4n) is 3.59. The molecule has 3 atom stereocenters. The molecular formula is C20H21NO4S. The molecule has 0 bridgehead atoms. The number of nitriles is 1. The Labute approximate surface area is 154 Å². The highest BCUT2D eigenvalue weighted by Gasteiger charge is 2.72. The van der Waals surface area contributed by atoms with Gasteiger partial charge in [-0.3, -0.25) is 0 Å². The van der Waals surface area contributed by atoms with E-state index >= 15 is 0 Å². The number of aryl methyl sites for hydroxylation is 1. The third-order valence-electron chi connectivity index (χ3n) is 5.01. The molecule has 5 nitrogen and oxygen atoms in total. The molecule has 6 heteroatoms. The van der Waals surface area contributed by atoms with Crippen molar-refractivity contribution in [1.29, 1.82) is 5.26 Å². The van der Waals surface area contributed by atoms with Crippen LogP contribution in [0.1, 0.15) is 17.0 Å². The van der Waals surface area contributed by atoms with E-state index in [1.54, 1.807) is 43.5 Å². The first kappa shape index (κ1) is 18.4. The van der Waals surface area contributed by atoms with E-state index in [0.717, 1.165) is 11.1 Å². The molecule has 1 saturated carbocycles. The highest BCUT2D eigenvalue weighted by Crippen LogP contribution is 2.63. The quantitative estimate of drug-likeness (QED) is 0.780. The van der Waals surface area contributed by atoms with E-state index in [1.807, 2.05) is 19.1 Å². The van der Waals surface area contributed by atoms with Gasteiger partial charge in [-0.15, -0.1) is 0 Å². The Hall–Kier alpha value is -2.36. The van der Waals surface area contributed by atoms with Crippen molar-refractivity contribution in [3.63, 3.8) is 0 Å². The highest BCUT2D eigenvalue weighted by atomic mass is 32.2. The van der Waals surface area contributed by atoms with Crippen LogP contribution < -0.4 is 4.74 Å². The molecule has 0 aromatic heterocycles. The molecule has 1 fully saturated rings. The summed E-state index contributed by atoms with van der Waals surface area (Å²) in [5.41, 5.74) is 0.688. The fourth-order valence-corrected chi connectivity index (χ4v) is 5.90. The Morgan fingerprint density at radius 2 is 1.69 bits per heavy atom. The van der Waals surface area contributed by atoms with Crippen LogP contribution in [0.25, 0.3) is 0 Å². The Kier molecular flexibility index (Phi) is 4.78. The van der Waals surface area contributed by atoms with Crippen molar-refractivity contribution >= 4 is 9.84 Å². The van der Waals surface area contributed by atoms with Crippen molar-refractivity contribution in [1.82, 2.24) is 0 Å². The summed E-state index contributed by atoms with van der Waals surface area (Å²) in [6.45, 7) is 1.97. The zero-order valence-corrected chi connectivity index (χ0v) is 15.8. The van der Waals surface area contributed by atoms with Crippen molar-refractivity contribution in [3.05, 3.63) is 59.7 Å². The second kappa shape index (κ2) is 6.75. The predicted octanol–water partition coefficient (Wildman–Crippen LogP) is 3.10. The molecule has 0 aliphatic heterocycles. The zero-order chi connectivity index (χ0) is 18.9. The minimum absolute atomic E-state index is 0.0654. The Morgan fingerprint density at radius 1 is 1.08 bits per heavy atom. The monoisotopic (exact) mass is 371 g/mol. The molecule has 0 heterocycles. The maximum absolute atomic E-state index is 13.2. The largest absolute Gasteiger partial charge is 0.497 e. The minimum Gasteiger partial charge on any atom is -0.497 e. The van der Waals surface area contributed by atoms with Crippen LogP contribution in [-0.4, -0.2) is 34.5 Å². The average Bonchev–Trinajstić information content (AvgIpc) is 3.32. The van der Waals surface area contributed by atoms with Gasteiger partial charge in [0.15, 0.2) is 9.84 Å². The average molecular weight is 371 g/mol. The van der Waals surface area contributed by atoms with Gasteiger partial charge in [0.2, 0.25) is 0 Å². The predicted molar refractivity (Wildman–Crippen MR) is 97.8 cm³/mol. The van der Waals surface area contributed by atoms with Gasteiger partial charge in [-0.25, -0.2) is 8.42 Å². The van der Waals surface area contributed by atoms with Crippen molar-refractivity contribution in [2.45, 2.75) is 23.0 Å². The zero-order valence-electron chi connectivity index (χ0n) is 15.0. The topological polar surface area (TPSA) is 76.4 Å². The van der Waals surface area contributed by atoms with Gasteiger partial charge in [-0.05, 0) is 36.8 Å². The first-order chi connectivity index (χ1) is 12.4. The second-order valence-electron chi connectivity index (χ2n) is 6.61. The second-order valence-corrected chi connectivity index (χ2v) is 8.68. The van der Waals surface area contributed by atoms with Crippen LogP contribution >= 0.6 is 0 Å². The summed E-state index contributed by atoms with van der Waals surface area (Å²) in [7, 11) is -0.616. The maximum atomic E-state index is 13.2. The van der Waals surface area contributed by atoms with Gasteiger partial charge in [0.05, 0.1) is 29.9 Å². The summed E-state index contributed by atoms with van der Waals surface area (Å²) < 4.78 is 36.8. The molecule has 136 valence electrons. The van der Waals surface area contributed by atoms with Crippen LogP contribution in [0.5, 0.6) is 5.75 Å². The van der Waals surface area contributed by atoms with Crippen LogP contribution in [0.2, 0.25) is 0 Å². The van der Waals surface area contributed by atoms with Crippen LogP contribution in [0.4, 0.5) is 0 Å². The van der Waals surface area contributed by atoms with E-state index in [-0.39, 0.29) is 11.5 Å². The molecule has 0 unspecified atom stereocenters. The van der Waals surface area contributed by atoms with Crippen molar-refractivity contribution in [3.8, 4) is 11.8 Å². The number of ether oxygens (including phenoxy) is 2. The molecule has 1 aliphatic rings. The van der Waals surface area contributed by atoms with E-state index < -0.39 is 26.4 Å². The molecule has 3 rings (SSSR count). The third-order valence-corrected chi connectivity index (χ3v) is 7.30. The Bertz CT molecular complexity index is 929. The van der Waals surface area contributed by atoms with E-state index in [2.05, 4.69) is 6.07 Å². The van der Waals surface area contributed by atoms with Crippen LogP contribution in [-0.2, 0) is 14.6 Å². The lowest BCUT2D eigenvalue weighted by Crippen LogP contribution is -2.19. The molecule has 0 saturated heterocycles. The van der Waals surface area contributed by atoms with Crippen molar-refractivity contribution in [2.75, 3.05) is 20.8 Å². The van der Waals surface area contributed by atoms with Gasteiger partial charge in [-0.2, -0.15) is 5.26 Å². The van der Waals surface area contributed by atoms with E-state index in [0.29, 0.717) is 5.75 Å². The van der Waals surface area contributed by atoms with Gasteiger partial charge < -0.3 is 9.47 Å². The van der Waals surface area contributed by atoms with Crippen molar-refractivity contribution in [2.24, 2.45) is 5.41 Å². The Morgan fingerprint density at radius 3 is 2.19 bits per heavy atom. The van der Waals surface area contributed by atoms with Crippen LogP contribution in [0.15, 0.2) is 53.4 Å². The number of hydrogen-bond donors (Lipinski definition) is 0. The van der Waals surface area contributed by atoms with E-state index in [9.17, 15) is 13.7 Å². The lowest BCUT2D eigenvalue weighted by Gasteiger charge is -2.08. The minimum atomic E-state index is -3.67. The third kappa shape index (κ3) is 2.87. The lowest BCUT2D eigenvalue weighted by molar-refractivity contribution is 0.162. The van der Waals surface area contributed by atoms with Gasteiger partial charge in [0.1, 0.15) is 11.2 Å². The van der Waals surface area contributed by atoms with Crippen LogP contribution in [0, 0.1) is 23.7 Å². The summed E-state index contributed by atoms with van der Waals surface area (Å²) in [5.74, 6) is 0.242. The highest BCUT2D eigenvalue weighted by molar-refractivity contribution is 7.92. The normalized spacial score (nSPS) is 24.7. The Balaban J connectivity index is 2.05. The number of hydrogen-bond acceptors (Lipinski definition) is 5. The smallest absolute Gasteiger partial charge is 0.183 e. The number of sulfone groups is 1. The molecule has 0 radical (unpaired) electrons. The molecule has 2 aromatic carbocycles. The summed E-state index contributed by atoms with van der Waals surface area (Å²) in [4.78, 5) is 0.236. The van der Waals surface area contributed by atoms with Gasteiger partial charge in [0.25, 0.3) is 0 Å².